The van der Waals surface area contributed by atoms with Gasteiger partial charge in [-0.15, -0.1) is 0 Å². The number of nitrogens with zero attached hydrogens (tertiary/aromatic N) is 3. The highest BCUT2D eigenvalue weighted by atomic mass is 16.4. The van der Waals surface area contributed by atoms with Gasteiger partial charge in [0, 0.05) is 18.2 Å². The summed E-state index contributed by atoms with van der Waals surface area (Å²) in [4.78, 5) is 15.1. The summed E-state index contributed by atoms with van der Waals surface area (Å²) in [6.45, 7) is 0.732. The molecule has 1 aliphatic heterocycles. The fourth-order valence-corrected chi connectivity index (χ4v) is 1.88. The maximum absolute atomic E-state index is 11.0. The van der Waals surface area contributed by atoms with E-state index in [-0.39, 0.29) is 5.69 Å². The van der Waals surface area contributed by atoms with Crippen LogP contribution in [-0.4, -0.2) is 32.2 Å². The molecule has 0 fully saturated rings. The molecule has 3 heterocycles. The predicted octanol–water partition coefficient (Wildman–Crippen LogP) is 0.395. The lowest BCUT2D eigenvalue weighted by atomic mass is 10.2. The summed E-state index contributed by atoms with van der Waals surface area (Å²) in [5, 5.41) is 16.2. The van der Waals surface area contributed by atoms with Crippen molar-refractivity contribution in [3.8, 4) is 0 Å². The number of rotatable bonds is 1. The van der Waals surface area contributed by atoms with E-state index in [0.29, 0.717) is 12.1 Å². The minimum Gasteiger partial charge on any atom is -0.476 e. The number of nitrogens with one attached hydrogen (secondary N) is 1. The molecule has 0 aromatic carbocycles. The lowest BCUT2D eigenvalue weighted by Crippen LogP contribution is -2.08. The highest BCUT2D eigenvalue weighted by molar-refractivity contribution is 5.90. The molecular formula is C9H8N4O2. The molecule has 0 aliphatic carbocycles. The molecule has 6 nitrogen and oxygen atoms in total. The van der Waals surface area contributed by atoms with Gasteiger partial charge in [-0.3, -0.25) is 0 Å². The molecular weight excluding hydrogens is 196 g/mol. The van der Waals surface area contributed by atoms with Gasteiger partial charge in [0.25, 0.3) is 0 Å². The van der Waals surface area contributed by atoms with Gasteiger partial charge in [-0.1, -0.05) is 0 Å². The van der Waals surface area contributed by atoms with Crippen molar-refractivity contribution < 1.29 is 9.90 Å². The van der Waals surface area contributed by atoms with Crippen molar-refractivity contribution in [3.63, 3.8) is 0 Å². The topological polar surface area (TPSA) is 79.5 Å². The SMILES string of the molecule is O=C(O)c1nc2ccnn2c2c1CCN2. The van der Waals surface area contributed by atoms with Crippen LogP contribution in [0.25, 0.3) is 5.65 Å². The highest BCUT2D eigenvalue weighted by Gasteiger charge is 2.23. The molecule has 0 bridgehead atoms. The molecule has 2 aromatic rings. The zero-order valence-electron chi connectivity index (χ0n) is 7.77. The Kier molecular flexibility index (Phi) is 1.47. The Labute approximate surface area is 84.6 Å². The van der Waals surface area contributed by atoms with Gasteiger partial charge < -0.3 is 10.4 Å². The molecule has 76 valence electrons. The monoisotopic (exact) mass is 204 g/mol. The third-order valence-corrected chi connectivity index (χ3v) is 2.50. The molecule has 0 unspecified atom stereocenters. The summed E-state index contributed by atoms with van der Waals surface area (Å²) in [5.74, 6) is -0.235. The lowest BCUT2D eigenvalue weighted by molar-refractivity contribution is 0.0689. The number of carboxylic acids is 1. The van der Waals surface area contributed by atoms with E-state index >= 15 is 0 Å². The van der Waals surface area contributed by atoms with Crippen molar-refractivity contribution in [2.45, 2.75) is 6.42 Å². The van der Waals surface area contributed by atoms with Crippen LogP contribution >= 0.6 is 0 Å². The van der Waals surface area contributed by atoms with Crippen molar-refractivity contribution in [1.29, 1.82) is 0 Å². The van der Waals surface area contributed by atoms with Gasteiger partial charge in [0.1, 0.15) is 5.82 Å². The first-order chi connectivity index (χ1) is 7.27. The zero-order chi connectivity index (χ0) is 10.4. The Morgan fingerprint density at radius 1 is 1.60 bits per heavy atom. The molecule has 6 heteroatoms. The summed E-state index contributed by atoms with van der Waals surface area (Å²) < 4.78 is 1.63. The van der Waals surface area contributed by atoms with E-state index in [1.165, 1.54) is 0 Å². The second kappa shape index (κ2) is 2.69. The summed E-state index contributed by atoms with van der Waals surface area (Å²) >= 11 is 0. The lowest BCUT2D eigenvalue weighted by Gasteiger charge is -2.05. The number of hydrogen-bond donors (Lipinski definition) is 2. The Bertz CT molecular complexity index is 560. The van der Waals surface area contributed by atoms with E-state index in [4.69, 9.17) is 5.11 Å². The average molecular weight is 204 g/mol. The Morgan fingerprint density at radius 2 is 2.47 bits per heavy atom. The van der Waals surface area contributed by atoms with Crippen LogP contribution < -0.4 is 5.32 Å². The van der Waals surface area contributed by atoms with Gasteiger partial charge in [0.2, 0.25) is 0 Å². The second-order valence-corrected chi connectivity index (χ2v) is 3.37. The van der Waals surface area contributed by atoms with Gasteiger partial charge in [0.05, 0.1) is 6.20 Å². The second-order valence-electron chi connectivity index (χ2n) is 3.37. The smallest absolute Gasteiger partial charge is 0.355 e. The van der Waals surface area contributed by atoms with E-state index in [9.17, 15) is 4.79 Å². The molecule has 2 aromatic heterocycles. The molecule has 3 rings (SSSR count). The summed E-state index contributed by atoms with van der Waals surface area (Å²) in [7, 11) is 0. The largest absolute Gasteiger partial charge is 0.476 e. The van der Waals surface area contributed by atoms with Crippen molar-refractivity contribution in [1.82, 2.24) is 14.6 Å². The summed E-state index contributed by atoms with van der Waals surface area (Å²) in [6.07, 6.45) is 2.29. The number of carboxylic acid groups (broad SMARTS) is 1. The molecule has 0 saturated heterocycles. The number of anilines is 1. The van der Waals surface area contributed by atoms with Crippen LogP contribution in [0.3, 0.4) is 0 Å². The van der Waals surface area contributed by atoms with Crippen LogP contribution in [-0.2, 0) is 6.42 Å². The average Bonchev–Trinajstić information content (AvgIpc) is 2.83. The molecule has 2 N–H and O–H groups in total. The van der Waals surface area contributed by atoms with Crippen molar-refractivity contribution in [2.75, 3.05) is 11.9 Å². The Hall–Kier alpha value is -2.11. The van der Waals surface area contributed by atoms with Gasteiger partial charge in [-0.2, -0.15) is 9.61 Å². The zero-order valence-corrected chi connectivity index (χ0v) is 7.77. The molecule has 0 atom stereocenters. The van der Waals surface area contributed by atoms with E-state index in [2.05, 4.69) is 15.4 Å². The number of aromatic nitrogens is 3. The molecule has 0 amide bonds. The van der Waals surface area contributed by atoms with Crippen molar-refractivity contribution in [3.05, 3.63) is 23.5 Å². The number of hydrogen-bond acceptors (Lipinski definition) is 4. The third kappa shape index (κ3) is 1.01. The first-order valence-electron chi connectivity index (χ1n) is 4.61. The molecule has 15 heavy (non-hydrogen) atoms. The molecule has 0 saturated carbocycles. The van der Waals surface area contributed by atoms with E-state index in [1.807, 2.05) is 0 Å². The van der Waals surface area contributed by atoms with Crippen LogP contribution in [0.2, 0.25) is 0 Å². The van der Waals surface area contributed by atoms with Gasteiger partial charge in [-0.25, -0.2) is 9.78 Å². The van der Waals surface area contributed by atoms with E-state index in [0.717, 1.165) is 17.9 Å². The van der Waals surface area contributed by atoms with Crippen molar-refractivity contribution >= 4 is 17.4 Å². The standard InChI is InChI=1S/C9H8N4O2/c14-9(15)7-5-1-3-10-8(5)13-6(12-7)2-4-11-13/h2,4,10H,1,3H2,(H,14,15). The van der Waals surface area contributed by atoms with Gasteiger partial charge in [0.15, 0.2) is 11.3 Å². The fraction of sp³-hybridized carbons (Fsp3) is 0.222. The summed E-state index contributed by atoms with van der Waals surface area (Å²) in [6, 6.07) is 1.69. The first kappa shape index (κ1) is 8.22. The maximum atomic E-state index is 11.0. The van der Waals surface area contributed by atoms with Gasteiger partial charge >= 0.3 is 5.97 Å². The highest BCUT2D eigenvalue weighted by Crippen LogP contribution is 2.25. The molecule has 0 spiro atoms. The normalized spacial score (nSPS) is 13.9. The van der Waals surface area contributed by atoms with E-state index in [1.54, 1.807) is 16.8 Å². The first-order valence-corrected chi connectivity index (χ1v) is 4.61. The summed E-state index contributed by atoms with van der Waals surface area (Å²) in [5.41, 5.74) is 1.42. The van der Waals surface area contributed by atoms with Gasteiger partial charge in [-0.05, 0) is 6.42 Å². The minimum absolute atomic E-state index is 0.128. The number of carbonyl (C=O) groups is 1. The Morgan fingerprint density at radius 3 is 3.27 bits per heavy atom. The number of aromatic carboxylic acids is 1. The van der Waals surface area contributed by atoms with Crippen LogP contribution in [0.4, 0.5) is 5.82 Å². The van der Waals surface area contributed by atoms with Crippen LogP contribution in [0.1, 0.15) is 16.1 Å². The van der Waals surface area contributed by atoms with Crippen LogP contribution in [0, 0.1) is 0 Å². The van der Waals surface area contributed by atoms with E-state index < -0.39 is 5.97 Å². The fourth-order valence-electron chi connectivity index (χ4n) is 1.88. The predicted molar refractivity (Wildman–Crippen MR) is 52.1 cm³/mol. The number of fused-ring (bicyclic) bond motifs is 3. The Balaban J connectivity index is 2.42. The minimum atomic E-state index is -0.987. The molecule has 1 aliphatic rings. The van der Waals surface area contributed by atoms with Crippen LogP contribution in [0.15, 0.2) is 12.3 Å². The third-order valence-electron chi connectivity index (χ3n) is 2.50. The van der Waals surface area contributed by atoms with Crippen molar-refractivity contribution in [2.24, 2.45) is 0 Å². The molecule has 0 radical (unpaired) electrons. The van der Waals surface area contributed by atoms with Crippen LogP contribution in [0.5, 0.6) is 0 Å². The quantitative estimate of drug-likeness (QED) is 0.702. The maximum Gasteiger partial charge on any atom is 0.355 e.